The molecule has 0 amide bonds. The molecule has 0 aromatic rings. The van der Waals surface area contributed by atoms with E-state index in [1.54, 1.807) is 0 Å². The lowest BCUT2D eigenvalue weighted by atomic mass is 10.0. The molecule has 0 radical (unpaired) electrons. The van der Waals surface area contributed by atoms with E-state index < -0.39 is 0 Å². The monoisotopic (exact) mass is 242 g/mol. The first-order valence-electron chi connectivity index (χ1n) is 7.28. The second kappa shape index (κ2) is 8.06. The van der Waals surface area contributed by atoms with Gasteiger partial charge in [-0.3, -0.25) is 0 Å². The molecule has 0 aliphatic carbocycles. The molecule has 1 saturated heterocycles. The van der Waals surface area contributed by atoms with E-state index in [0.29, 0.717) is 0 Å². The highest BCUT2D eigenvalue weighted by molar-refractivity contribution is 4.77. The van der Waals surface area contributed by atoms with Crippen LogP contribution in [0.15, 0.2) is 0 Å². The van der Waals surface area contributed by atoms with Crippen LogP contribution in [-0.4, -0.2) is 60.3 Å². The molecule has 1 unspecified atom stereocenters. The average molecular weight is 242 g/mol. The molecular formula is C14H30N2O. The first-order valence-corrected chi connectivity index (χ1v) is 7.28. The summed E-state index contributed by atoms with van der Waals surface area (Å²) in [6, 6.07) is 0.761. The SMILES string of the molecule is CCC(O)CCCN(C)C1CCN(CC)CC1. The summed E-state index contributed by atoms with van der Waals surface area (Å²) >= 11 is 0. The molecule has 0 aromatic carbocycles. The number of nitrogens with zero attached hydrogens (tertiary/aromatic N) is 2. The molecule has 1 aliphatic rings. The lowest BCUT2D eigenvalue weighted by molar-refractivity contribution is 0.118. The van der Waals surface area contributed by atoms with E-state index in [1.165, 1.54) is 32.5 Å². The third-order valence-corrected chi connectivity index (χ3v) is 4.15. The molecule has 102 valence electrons. The van der Waals surface area contributed by atoms with Gasteiger partial charge in [-0.1, -0.05) is 13.8 Å². The summed E-state index contributed by atoms with van der Waals surface area (Å²) in [5.41, 5.74) is 0. The summed E-state index contributed by atoms with van der Waals surface area (Å²) in [7, 11) is 2.24. The van der Waals surface area contributed by atoms with E-state index in [9.17, 15) is 5.11 Å². The summed E-state index contributed by atoms with van der Waals surface area (Å²) in [4.78, 5) is 5.03. The highest BCUT2D eigenvalue weighted by atomic mass is 16.3. The molecule has 0 spiro atoms. The molecular weight excluding hydrogens is 212 g/mol. The molecule has 0 saturated carbocycles. The van der Waals surface area contributed by atoms with Crippen molar-refractivity contribution >= 4 is 0 Å². The third-order valence-electron chi connectivity index (χ3n) is 4.15. The molecule has 1 N–H and O–H groups in total. The van der Waals surface area contributed by atoms with Gasteiger partial charge in [-0.25, -0.2) is 0 Å². The van der Waals surface area contributed by atoms with Crippen LogP contribution in [-0.2, 0) is 0 Å². The summed E-state index contributed by atoms with van der Waals surface area (Å²) in [5, 5.41) is 9.52. The van der Waals surface area contributed by atoms with Crippen LogP contribution in [0, 0.1) is 0 Å². The molecule has 17 heavy (non-hydrogen) atoms. The third kappa shape index (κ3) is 5.36. The second-order valence-corrected chi connectivity index (χ2v) is 5.35. The topological polar surface area (TPSA) is 26.7 Å². The fourth-order valence-corrected chi connectivity index (χ4v) is 2.64. The maximum absolute atomic E-state index is 9.52. The highest BCUT2D eigenvalue weighted by Gasteiger charge is 2.21. The highest BCUT2D eigenvalue weighted by Crippen LogP contribution is 2.15. The molecule has 1 fully saturated rings. The number of aliphatic hydroxyl groups excluding tert-OH is 1. The normalized spacial score (nSPS) is 21.0. The van der Waals surface area contributed by atoms with Crippen LogP contribution in [0.25, 0.3) is 0 Å². The average Bonchev–Trinajstić information content (AvgIpc) is 2.38. The molecule has 1 aliphatic heterocycles. The second-order valence-electron chi connectivity index (χ2n) is 5.35. The minimum atomic E-state index is -0.0923. The summed E-state index contributed by atoms with van der Waals surface area (Å²) in [6.45, 7) is 9.13. The zero-order valence-electron chi connectivity index (χ0n) is 11.9. The van der Waals surface area contributed by atoms with E-state index in [0.717, 1.165) is 31.8 Å². The van der Waals surface area contributed by atoms with Crippen molar-refractivity contribution in [3.05, 3.63) is 0 Å². The largest absolute Gasteiger partial charge is 0.393 e. The first-order chi connectivity index (χ1) is 8.17. The molecule has 0 bridgehead atoms. The number of aliphatic hydroxyl groups is 1. The Balaban J connectivity index is 2.13. The molecule has 3 heteroatoms. The predicted octanol–water partition coefficient (Wildman–Crippen LogP) is 1.95. The van der Waals surface area contributed by atoms with E-state index in [-0.39, 0.29) is 6.10 Å². The van der Waals surface area contributed by atoms with Gasteiger partial charge in [0.15, 0.2) is 0 Å². The first kappa shape index (κ1) is 14.9. The zero-order chi connectivity index (χ0) is 12.7. The standard InChI is InChI=1S/C14H30N2O/c1-4-14(17)7-6-10-15(3)13-8-11-16(5-2)12-9-13/h13-14,17H,4-12H2,1-3H3. The van der Waals surface area contributed by atoms with Crippen molar-refractivity contribution in [2.75, 3.05) is 33.2 Å². The zero-order valence-corrected chi connectivity index (χ0v) is 11.9. The van der Waals surface area contributed by atoms with Gasteiger partial charge in [0.2, 0.25) is 0 Å². The van der Waals surface area contributed by atoms with Gasteiger partial charge in [-0.2, -0.15) is 0 Å². The molecule has 3 nitrogen and oxygen atoms in total. The van der Waals surface area contributed by atoms with Crippen LogP contribution in [0.4, 0.5) is 0 Å². The number of rotatable bonds is 7. The van der Waals surface area contributed by atoms with Gasteiger partial charge < -0.3 is 14.9 Å². The van der Waals surface area contributed by atoms with Gasteiger partial charge in [-0.15, -0.1) is 0 Å². The van der Waals surface area contributed by atoms with Crippen molar-refractivity contribution in [3.8, 4) is 0 Å². The lowest BCUT2D eigenvalue weighted by Crippen LogP contribution is -2.43. The minimum absolute atomic E-state index is 0.0923. The van der Waals surface area contributed by atoms with Crippen LogP contribution >= 0.6 is 0 Å². The quantitative estimate of drug-likeness (QED) is 0.739. The van der Waals surface area contributed by atoms with Gasteiger partial charge in [0.25, 0.3) is 0 Å². The van der Waals surface area contributed by atoms with E-state index in [4.69, 9.17) is 0 Å². The van der Waals surface area contributed by atoms with E-state index in [1.807, 2.05) is 0 Å². The maximum Gasteiger partial charge on any atom is 0.0538 e. The Bertz CT molecular complexity index is 191. The Labute approximate surface area is 107 Å². The Morgan fingerprint density at radius 2 is 1.94 bits per heavy atom. The van der Waals surface area contributed by atoms with Crippen LogP contribution in [0.5, 0.6) is 0 Å². The number of piperidine rings is 1. The smallest absolute Gasteiger partial charge is 0.0538 e. The fraction of sp³-hybridized carbons (Fsp3) is 1.00. The van der Waals surface area contributed by atoms with Crippen molar-refractivity contribution < 1.29 is 5.11 Å². The van der Waals surface area contributed by atoms with Crippen molar-refractivity contribution in [3.63, 3.8) is 0 Å². The van der Waals surface area contributed by atoms with Crippen LogP contribution < -0.4 is 0 Å². The van der Waals surface area contributed by atoms with Crippen molar-refractivity contribution in [1.29, 1.82) is 0 Å². The Kier molecular flexibility index (Phi) is 7.09. The lowest BCUT2D eigenvalue weighted by Gasteiger charge is -2.36. The Morgan fingerprint density at radius 3 is 2.47 bits per heavy atom. The fourth-order valence-electron chi connectivity index (χ4n) is 2.64. The predicted molar refractivity (Wildman–Crippen MR) is 73.3 cm³/mol. The Morgan fingerprint density at radius 1 is 1.29 bits per heavy atom. The van der Waals surface area contributed by atoms with Gasteiger partial charge in [-0.05, 0) is 65.3 Å². The van der Waals surface area contributed by atoms with Crippen LogP contribution in [0.3, 0.4) is 0 Å². The van der Waals surface area contributed by atoms with E-state index in [2.05, 4.69) is 30.7 Å². The number of likely N-dealkylation sites (tertiary alicyclic amines) is 1. The van der Waals surface area contributed by atoms with Gasteiger partial charge >= 0.3 is 0 Å². The van der Waals surface area contributed by atoms with Crippen molar-refractivity contribution in [2.24, 2.45) is 0 Å². The van der Waals surface area contributed by atoms with Crippen LogP contribution in [0.1, 0.15) is 46.0 Å². The Hall–Kier alpha value is -0.120. The van der Waals surface area contributed by atoms with Gasteiger partial charge in [0.1, 0.15) is 0 Å². The molecule has 1 rings (SSSR count). The van der Waals surface area contributed by atoms with Crippen LogP contribution in [0.2, 0.25) is 0 Å². The van der Waals surface area contributed by atoms with E-state index >= 15 is 0 Å². The van der Waals surface area contributed by atoms with Crippen molar-refractivity contribution in [2.45, 2.75) is 58.1 Å². The summed E-state index contributed by atoms with van der Waals surface area (Å²) in [5.74, 6) is 0. The summed E-state index contributed by atoms with van der Waals surface area (Å²) < 4.78 is 0. The minimum Gasteiger partial charge on any atom is -0.393 e. The van der Waals surface area contributed by atoms with Crippen molar-refractivity contribution in [1.82, 2.24) is 9.80 Å². The molecule has 0 aromatic heterocycles. The molecule has 1 atom stereocenters. The number of hydrogen-bond donors (Lipinski definition) is 1. The van der Waals surface area contributed by atoms with Gasteiger partial charge in [0, 0.05) is 6.04 Å². The summed E-state index contributed by atoms with van der Waals surface area (Å²) in [6.07, 6.45) is 5.49. The number of hydrogen-bond acceptors (Lipinski definition) is 3. The maximum atomic E-state index is 9.52. The van der Waals surface area contributed by atoms with Gasteiger partial charge in [0.05, 0.1) is 6.10 Å². The molecule has 1 heterocycles.